The molecule has 0 unspecified atom stereocenters. The van der Waals surface area contributed by atoms with Gasteiger partial charge in [0.2, 0.25) is 0 Å². The quantitative estimate of drug-likeness (QED) is 0.677. The van der Waals surface area contributed by atoms with E-state index in [1.165, 1.54) is 11.5 Å². The van der Waals surface area contributed by atoms with Gasteiger partial charge in [0.25, 0.3) is 0 Å². The summed E-state index contributed by atoms with van der Waals surface area (Å²) in [6, 6.07) is 0. The predicted molar refractivity (Wildman–Crippen MR) is 37.9 cm³/mol. The monoisotopic (exact) mass is 190 g/mol. The van der Waals surface area contributed by atoms with E-state index in [-0.39, 0.29) is 0 Å². The van der Waals surface area contributed by atoms with Gasteiger partial charge in [-0.05, 0) is 22.6 Å². The van der Waals surface area contributed by atoms with Gasteiger partial charge < -0.3 is 0 Å². The first-order valence-corrected chi connectivity index (χ1v) is 3.72. The Kier molecular flexibility index (Phi) is 2.17. The van der Waals surface area contributed by atoms with E-state index in [1.54, 1.807) is 4.99 Å². The Morgan fingerprint density at radius 1 is 1.75 bits per heavy atom. The van der Waals surface area contributed by atoms with Crippen LogP contribution >= 0.6 is 27.5 Å². The first-order chi connectivity index (χ1) is 3.93. The highest BCUT2D eigenvalue weighted by atomic mass is 79.9. The highest BCUT2D eigenvalue weighted by Gasteiger charge is 1.84. The van der Waals surface area contributed by atoms with Gasteiger partial charge in [0, 0.05) is 5.38 Å². The number of rotatable bonds is 1. The van der Waals surface area contributed by atoms with Gasteiger partial charge in [-0.15, -0.1) is 5.10 Å². The summed E-state index contributed by atoms with van der Waals surface area (Å²) in [5.41, 5.74) is 0.895. The van der Waals surface area contributed by atoms with Crippen LogP contribution in [0.4, 0.5) is 0 Å². The lowest BCUT2D eigenvalue weighted by Gasteiger charge is -1.70. The van der Waals surface area contributed by atoms with Gasteiger partial charge in [0.05, 0.1) is 5.69 Å². The van der Waals surface area contributed by atoms with Crippen molar-refractivity contribution in [2.24, 2.45) is 0 Å². The molecule has 4 heteroatoms. The van der Waals surface area contributed by atoms with Crippen molar-refractivity contribution in [1.29, 1.82) is 0 Å². The van der Waals surface area contributed by atoms with Crippen LogP contribution in [0.3, 0.4) is 0 Å². The molecular weight excluding hydrogens is 188 g/mol. The zero-order valence-electron chi connectivity index (χ0n) is 3.91. The van der Waals surface area contributed by atoms with Crippen molar-refractivity contribution in [1.82, 2.24) is 9.59 Å². The minimum absolute atomic E-state index is 0.895. The van der Waals surface area contributed by atoms with E-state index in [4.69, 9.17) is 0 Å². The Hall–Kier alpha value is -0.220. The molecule has 0 saturated heterocycles. The SMILES string of the molecule is Br/C=C/c1csnn1. The first kappa shape index (κ1) is 5.91. The molecule has 1 aromatic rings. The Bertz CT molecular complexity index is 170. The molecule has 0 aliphatic rings. The molecular formula is C4H3BrN2S. The molecule has 0 bridgehead atoms. The van der Waals surface area contributed by atoms with Crippen molar-refractivity contribution in [3.05, 3.63) is 16.1 Å². The van der Waals surface area contributed by atoms with Crippen LogP contribution in [0.2, 0.25) is 0 Å². The van der Waals surface area contributed by atoms with Crippen molar-refractivity contribution < 1.29 is 0 Å². The second-order valence-corrected chi connectivity index (χ2v) is 2.26. The van der Waals surface area contributed by atoms with E-state index < -0.39 is 0 Å². The predicted octanol–water partition coefficient (Wildman–Crippen LogP) is 1.90. The first-order valence-electron chi connectivity index (χ1n) is 1.97. The average molecular weight is 191 g/mol. The van der Waals surface area contributed by atoms with Crippen LogP contribution in [0.25, 0.3) is 6.08 Å². The molecule has 0 aliphatic carbocycles. The number of halogens is 1. The van der Waals surface area contributed by atoms with Crippen LogP contribution in [0.1, 0.15) is 5.69 Å². The fourth-order valence-corrected chi connectivity index (χ4v) is 1.00. The fraction of sp³-hybridized carbons (Fsp3) is 0. The Morgan fingerprint density at radius 3 is 3.12 bits per heavy atom. The summed E-state index contributed by atoms with van der Waals surface area (Å²) in [7, 11) is 0. The molecule has 1 rings (SSSR count). The molecule has 1 heterocycles. The van der Waals surface area contributed by atoms with E-state index in [2.05, 4.69) is 25.5 Å². The second-order valence-electron chi connectivity index (χ2n) is 1.12. The topological polar surface area (TPSA) is 25.8 Å². The molecule has 42 valence electrons. The molecule has 0 N–H and O–H groups in total. The Labute approximate surface area is 59.5 Å². The van der Waals surface area contributed by atoms with Crippen LogP contribution in [-0.4, -0.2) is 9.59 Å². The van der Waals surface area contributed by atoms with E-state index >= 15 is 0 Å². The molecule has 0 amide bonds. The third-order valence-electron chi connectivity index (χ3n) is 0.611. The lowest BCUT2D eigenvalue weighted by atomic mass is 10.5. The van der Waals surface area contributed by atoms with Gasteiger partial charge in [0.15, 0.2) is 0 Å². The standard InChI is InChI=1S/C4H3BrN2S/c5-2-1-4-3-8-7-6-4/h1-3H/b2-1+. The molecule has 0 radical (unpaired) electrons. The van der Waals surface area contributed by atoms with Gasteiger partial charge in [-0.25, -0.2) is 0 Å². The van der Waals surface area contributed by atoms with Gasteiger partial charge in [-0.1, -0.05) is 20.4 Å². The van der Waals surface area contributed by atoms with Gasteiger partial charge in [-0.2, -0.15) is 0 Å². The Morgan fingerprint density at radius 2 is 2.62 bits per heavy atom. The van der Waals surface area contributed by atoms with Crippen LogP contribution < -0.4 is 0 Å². The smallest absolute Gasteiger partial charge is 0.0987 e. The summed E-state index contributed by atoms with van der Waals surface area (Å²) in [4.78, 5) is 1.75. The minimum atomic E-state index is 0.895. The van der Waals surface area contributed by atoms with Crippen LogP contribution in [0, 0.1) is 0 Å². The van der Waals surface area contributed by atoms with Gasteiger partial charge in [-0.3, -0.25) is 0 Å². The van der Waals surface area contributed by atoms with E-state index in [1.807, 2.05) is 11.5 Å². The molecule has 2 nitrogen and oxygen atoms in total. The third kappa shape index (κ3) is 1.38. The van der Waals surface area contributed by atoms with Crippen molar-refractivity contribution in [2.75, 3.05) is 0 Å². The lowest BCUT2D eigenvalue weighted by molar-refractivity contribution is 1.14. The number of hydrogen-bond donors (Lipinski definition) is 0. The molecule has 8 heavy (non-hydrogen) atoms. The van der Waals surface area contributed by atoms with Crippen molar-refractivity contribution in [3.8, 4) is 0 Å². The molecule has 0 aromatic carbocycles. The zero-order valence-corrected chi connectivity index (χ0v) is 6.32. The van der Waals surface area contributed by atoms with Crippen molar-refractivity contribution >= 4 is 33.5 Å². The molecule has 1 aromatic heterocycles. The van der Waals surface area contributed by atoms with Crippen LogP contribution in [-0.2, 0) is 0 Å². The molecule has 0 spiro atoms. The van der Waals surface area contributed by atoms with Gasteiger partial charge >= 0.3 is 0 Å². The fourth-order valence-electron chi connectivity index (χ4n) is 0.309. The summed E-state index contributed by atoms with van der Waals surface area (Å²) in [5, 5.41) is 5.63. The second kappa shape index (κ2) is 2.94. The summed E-state index contributed by atoms with van der Waals surface area (Å²) >= 11 is 4.47. The largest absolute Gasteiger partial charge is 0.139 e. The zero-order chi connectivity index (χ0) is 5.82. The summed E-state index contributed by atoms with van der Waals surface area (Å²) in [6.07, 6.45) is 1.84. The number of aromatic nitrogens is 2. The van der Waals surface area contributed by atoms with E-state index in [0.717, 1.165) is 5.69 Å². The Balaban J connectivity index is 2.77. The lowest BCUT2D eigenvalue weighted by Crippen LogP contribution is -1.66. The minimum Gasteiger partial charge on any atom is -0.139 e. The highest BCUT2D eigenvalue weighted by Crippen LogP contribution is 2.00. The van der Waals surface area contributed by atoms with E-state index in [9.17, 15) is 0 Å². The molecule has 0 saturated carbocycles. The van der Waals surface area contributed by atoms with Gasteiger partial charge in [0.1, 0.15) is 0 Å². The van der Waals surface area contributed by atoms with Crippen LogP contribution in [0.15, 0.2) is 10.4 Å². The third-order valence-corrected chi connectivity index (χ3v) is 1.40. The maximum atomic E-state index is 3.76. The maximum absolute atomic E-state index is 3.76. The van der Waals surface area contributed by atoms with E-state index in [0.29, 0.717) is 0 Å². The van der Waals surface area contributed by atoms with Crippen molar-refractivity contribution in [3.63, 3.8) is 0 Å². The van der Waals surface area contributed by atoms with Crippen molar-refractivity contribution in [2.45, 2.75) is 0 Å². The summed E-state index contributed by atoms with van der Waals surface area (Å²) in [5.74, 6) is 0. The van der Waals surface area contributed by atoms with Crippen LogP contribution in [0.5, 0.6) is 0 Å². The summed E-state index contributed by atoms with van der Waals surface area (Å²) < 4.78 is 3.66. The average Bonchev–Trinajstić information content (AvgIpc) is 2.19. The maximum Gasteiger partial charge on any atom is 0.0987 e. The number of nitrogens with zero attached hydrogens (tertiary/aromatic N) is 2. The molecule has 0 aliphatic heterocycles. The summed E-state index contributed by atoms with van der Waals surface area (Å²) in [6.45, 7) is 0. The highest BCUT2D eigenvalue weighted by molar-refractivity contribution is 9.11. The molecule has 0 fully saturated rings. The molecule has 0 atom stereocenters. The normalized spacial score (nSPS) is 10.6. The number of hydrogen-bond acceptors (Lipinski definition) is 3.